The van der Waals surface area contributed by atoms with Crippen molar-refractivity contribution in [2.24, 2.45) is 11.8 Å². The summed E-state index contributed by atoms with van der Waals surface area (Å²) in [7, 11) is 2.05. The van der Waals surface area contributed by atoms with Crippen LogP contribution in [0.25, 0.3) is 0 Å². The molecule has 3 atom stereocenters. The van der Waals surface area contributed by atoms with E-state index in [0.717, 1.165) is 42.7 Å². The molecule has 5 rings (SSSR count). The third-order valence-electron chi connectivity index (χ3n) is 8.29. The molecule has 2 aromatic carbocycles. The Balaban J connectivity index is 1.35. The molecule has 9 nitrogen and oxygen atoms in total. The summed E-state index contributed by atoms with van der Waals surface area (Å²) in [6.07, 6.45) is 4.93. The van der Waals surface area contributed by atoms with Crippen LogP contribution in [0.2, 0.25) is 0 Å². The van der Waals surface area contributed by atoms with Gasteiger partial charge in [-0.05, 0) is 62.7 Å². The predicted molar refractivity (Wildman–Crippen MR) is 152 cm³/mol. The van der Waals surface area contributed by atoms with E-state index < -0.39 is 0 Å². The summed E-state index contributed by atoms with van der Waals surface area (Å²) >= 11 is 0. The van der Waals surface area contributed by atoms with Crippen molar-refractivity contribution in [3.8, 4) is 17.2 Å². The first-order valence-electron chi connectivity index (χ1n) is 14.4. The van der Waals surface area contributed by atoms with Gasteiger partial charge in [-0.25, -0.2) is 0 Å². The van der Waals surface area contributed by atoms with Gasteiger partial charge in [-0.2, -0.15) is 0 Å². The first-order chi connectivity index (χ1) is 19.3. The average molecular weight is 552 g/mol. The number of aliphatic hydroxyl groups is 1. The number of hydrogen-bond donors (Lipinski definition) is 2. The molecular formula is C31H41N3O6. The van der Waals surface area contributed by atoms with Crippen LogP contribution < -0.4 is 19.5 Å². The fraction of sp³-hybridized carbons (Fsp3) is 0.548. The second kappa shape index (κ2) is 12.5. The van der Waals surface area contributed by atoms with E-state index in [1.54, 1.807) is 17.0 Å². The van der Waals surface area contributed by atoms with Crippen LogP contribution in [-0.4, -0.2) is 72.4 Å². The minimum absolute atomic E-state index is 0.0102. The molecule has 3 aliphatic rings. The lowest BCUT2D eigenvalue weighted by molar-refractivity contribution is -0.120. The second-order valence-electron chi connectivity index (χ2n) is 11.5. The zero-order chi connectivity index (χ0) is 28.2. The van der Waals surface area contributed by atoms with E-state index in [-0.39, 0.29) is 49.2 Å². The Morgan fingerprint density at radius 1 is 1.10 bits per heavy atom. The number of nitrogens with zero attached hydrogens (tertiary/aromatic N) is 2. The Kier molecular flexibility index (Phi) is 8.81. The molecule has 2 amide bonds. The van der Waals surface area contributed by atoms with Gasteiger partial charge in [-0.3, -0.25) is 14.5 Å². The fourth-order valence-electron chi connectivity index (χ4n) is 5.85. The van der Waals surface area contributed by atoms with Gasteiger partial charge in [0.15, 0.2) is 11.5 Å². The third kappa shape index (κ3) is 6.36. The normalized spacial score (nSPS) is 21.8. The van der Waals surface area contributed by atoms with Gasteiger partial charge in [-0.15, -0.1) is 0 Å². The summed E-state index contributed by atoms with van der Waals surface area (Å²) in [6.45, 7) is 5.80. The number of benzene rings is 2. The van der Waals surface area contributed by atoms with Crippen molar-refractivity contribution < 1.29 is 28.9 Å². The fourth-order valence-corrected chi connectivity index (χ4v) is 5.85. The van der Waals surface area contributed by atoms with Gasteiger partial charge in [0.1, 0.15) is 11.9 Å². The number of hydrogen-bond acceptors (Lipinski definition) is 7. The molecular weight excluding hydrogens is 510 g/mol. The summed E-state index contributed by atoms with van der Waals surface area (Å²) in [4.78, 5) is 30.5. The number of nitrogens with one attached hydrogen (secondary N) is 1. The predicted octanol–water partition coefficient (Wildman–Crippen LogP) is 4.29. The molecule has 1 saturated carbocycles. The Bertz CT molecular complexity index is 1210. The van der Waals surface area contributed by atoms with Gasteiger partial charge in [0.05, 0.1) is 18.2 Å². The van der Waals surface area contributed by atoms with Crippen LogP contribution in [0.1, 0.15) is 61.9 Å². The van der Waals surface area contributed by atoms with E-state index in [4.69, 9.17) is 14.2 Å². The highest BCUT2D eigenvalue weighted by atomic mass is 16.7. The number of ether oxygens (including phenoxy) is 3. The van der Waals surface area contributed by atoms with Gasteiger partial charge in [0.2, 0.25) is 12.7 Å². The van der Waals surface area contributed by atoms with Crippen LogP contribution in [0.4, 0.5) is 5.69 Å². The summed E-state index contributed by atoms with van der Waals surface area (Å²) in [6, 6.07) is 10.9. The highest BCUT2D eigenvalue weighted by Gasteiger charge is 2.34. The summed E-state index contributed by atoms with van der Waals surface area (Å²) in [5.41, 5.74) is 2.10. The zero-order valence-corrected chi connectivity index (χ0v) is 23.7. The molecule has 0 spiro atoms. The number of aliphatic hydroxyl groups excluding tert-OH is 1. The molecule has 2 aromatic rings. The van der Waals surface area contributed by atoms with Crippen molar-refractivity contribution in [3.05, 3.63) is 47.5 Å². The van der Waals surface area contributed by atoms with Crippen molar-refractivity contribution in [3.63, 3.8) is 0 Å². The minimum Gasteiger partial charge on any atom is -0.488 e. The lowest BCUT2D eigenvalue weighted by Gasteiger charge is -2.38. The van der Waals surface area contributed by atoms with Crippen molar-refractivity contribution in [2.45, 2.75) is 64.6 Å². The largest absolute Gasteiger partial charge is 0.488 e. The standard InChI is InChI=1S/C31H41N3O6/c1-20-15-34(21(2)18-35)31(37)25-14-24(32-30(36)23-7-5-4-6-8-23)10-12-26(25)40-29(20)17-33(3)16-22-9-11-27-28(13-22)39-19-38-27/h9-14,20-21,23,29,35H,4-8,15-19H2,1-3H3,(H,32,36)/t20-,21-,29-/m1/s1. The lowest BCUT2D eigenvalue weighted by Crippen LogP contribution is -2.49. The molecule has 0 bridgehead atoms. The van der Waals surface area contributed by atoms with E-state index in [9.17, 15) is 14.7 Å². The second-order valence-corrected chi connectivity index (χ2v) is 11.5. The van der Waals surface area contributed by atoms with E-state index in [2.05, 4.69) is 17.1 Å². The van der Waals surface area contributed by atoms with Crippen molar-refractivity contribution >= 4 is 17.5 Å². The molecule has 2 N–H and O–H groups in total. The Hall–Kier alpha value is -3.30. The van der Waals surface area contributed by atoms with Gasteiger partial charge in [-0.1, -0.05) is 32.3 Å². The summed E-state index contributed by atoms with van der Waals surface area (Å²) in [5.74, 6) is 1.84. The summed E-state index contributed by atoms with van der Waals surface area (Å²) < 4.78 is 17.5. The smallest absolute Gasteiger partial charge is 0.258 e. The molecule has 1 fully saturated rings. The molecule has 40 heavy (non-hydrogen) atoms. The monoisotopic (exact) mass is 551 g/mol. The lowest BCUT2D eigenvalue weighted by atomic mass is 9.88. The number of carbonyl (C=O) groups is 2. The third-order valence-corrected chi connectivity index (χ3v) is 8.29. The zero-order valence-electron chi connectivity index (χ0n) is 23.7. The van der Waals surface area contributed by atoms with Gasteiger partial charge < -0.3 is 29.5 Å². The molecule has 0 unspecified atom stereocenters. The number of likely N-dealkylation sites (N-methyl/N-ethyl adjacent to an activating group) is 1. The van der Waals surface area contributed by atoms with Crippen molar-refractivity contribution in [1.82, 2.24) is 9.80 Å². The van der Waals surface area contributed by atoms with Crippen molar-refractivity contribution in [1.29, 1.82) is 0 Å². The Morgan fingerprint density at radius 3 is 2.62 bits per heavy atom. The van der Waals surface area contributed by atoms with Crippen LogP contribution >= 0.6 is 0 Å². The number of carbonyl (C=O) groups excluding carboxylic acids is 2. The molecule has 1 aliphatic carbocycles. The summed E-state index contributed by atoms with van der Waals surface area (Å²) in [5, 5.41) is 13.0. The van der Waals surface area contributed by atoms with Crippen LogP contribution in [0, 0.1) is 11.8 Å². The van der Waals surface area contributed by atoms with E-state index >= 15 is 0 Å². The maximum absolute atomic E-state index is 13.7. The highest BCUT2D eigenvalue weighted by Crippen LogP contribution is 2.34. The highest BCUT2D eigenvalue weighted by molar-refractivity contribution is 6.00. The molecule has 216 valence electrons. The Labute approximate surface area is 236 Å². The average Bonchev–Trinajstić information content (AvgIpc) is 3.43. The molecule has 0 saturated heterocycles. The molecule has 0 radical (unpaired) electrons. The minimum atomic E-state index is -0.353. The number of fused-ring (bicyclic) bond motifs is 2. The number of rotatable bonds is 8. The van der Waals surface area contributed by atoms with Crippen LogP contribution in [0.15, 0.2) is 36.4 Å². The van der Waals surface area contributed by atoms with Gasteiger partial charge in [0, 0.05) is 37.2 Å². The number of anilines is 1. The molecule has 2 aliphatic heterocycles. The van der Waals surface area contributed by atoms with Crippen molar-refractivity contribution in [2.75, 3.05) is 38.9 Å². The molecule has 9 heteroatoms. The first-order valence-corrected chi connectivity index (χ1v) is 14.4. The maximum atomic E-state index is 13.7. The van der Waals surface area contributed by atoms with Gasteiger partial charge in [0.25, 0.3) is 5.91 Å². The van der Waals surface area contributed by atoms with Crippen LogP contribution in [0.5, 0.6) is 17.2 Å². The van der Waals surface area contributed by atoms with Crippen LogP contribution in [0.3, 0.4) is 0 Å². The van der Waals surface area contributed by atoms with E-state index in [1.165, 1.54) is 6.42 Å². The van der Waals surface area contributed by atoms with E-state index in [1.807, 2.05) is 38.2 Å². The van der Waals surface area contributed by atoms with E-state index in [0.29, 0.717) is 36.6 Å². The quantitative estimate of drug-likeness (QED) is 0.505. The number of amides is 2. The topological polar surface area (TPSA) is 101 Å². The molecule has 2 heterocycles. The van der Waals surface area contributed by atoms with Gasteiger partial charge >= 0.3 is 0 Å². The molecule has 0 aromatic heterocycles. The maximum Gasteiger partial charge on any atom is 0.258 e. The Morgan fingerprint density at radius 2 is 1.85 bits per heavy atom. The first kappa shape index (κ1) is 28.2. The van der Waals surface area contributed by atoms with Crippen LogP contribution in [-0.2, 0) is 11.3 Å². The SMILES string of the molecule is C[C@@H]1CN([C@H](C)CO)C(=O)c2cc(NC(=O)C3CCCCC3)ccc2O[C@@H]1CN(C)Cc1ccc2c(c1)OCO2.